The van der Waals surface area contributed by atoms with Crippen molar-refractivity contribution >= 4 is 11.6 Å². The Balaban J connectivity index is 2.16. The molecule has 0 atom stereocenters. The topological polar surface area (TPSA) is 155 Å². The molecule has 0 aromatic carbocycles. The molecule has 3 heterocycles. The summed E-state index contributed by atoms with van der Waals surface area (Å²) in [6.45, 7) is 0. The van der Waals surface area contributed by atoms with Crippen LogP contribution in [0, 0.1) is 0 Å². The van der Waals surface area contributed by atoms with Crippen LogP contribution < -0.4 is 11.1 Å². The van der Waals surface area contributed by atoms with E-state index in [1.54, 1.807) is 7.05 Å². The number of nitrogens with zero attached hydrogens (tertiary/aromatic N) is 6. The van der Waals surface area contributed by atoms with Crippen LogP contribution in [-0.4, -0.2) is 38.0 Å². The predicted molar refractivity (Wildman–Crippen MR) is 54.8 cm³/mol. The van der Waals surface area contributed by atoms with Crippen LogP contribution in [0.1, 0.15) is 0 Å². The van der Waals surface area contributed by atoms with Crippen LogP contribution in [0.3, 0.4) is 0 Å². The Morgan fingerprint density at radius 2 is 1.33 bits per heavy atom. The summed E-state index contributed by atoms with van der Waals surface area (Å²) < 4.78 is 13.7. The van der Waals surface area contributed by atoms with Crippen molar-refractivity contribution in [1.29, 1.82) is 0 Å². The first kappa shape index (κ1) is 10.2. The normalized spacial score (nSPS) is 10.7. The maximum atomic E-state index is 5.57. The molecule has 0 aliphatic heterocycles. The van der Waals surface area contributed by atoms with Crippen LogP contribution in [0.4, 0.5) is 11.6 Å². The highest BCUT2D eigenvalue weighted by molar-refractivity contribution is 5.81. The molecule has 18 heavy (non-hydrogen) atoms. The molecule has 92 valence electrons. The van der Waals surface area contributed by atoms with E-state index in [0.29, 0.717) is 11.5 Å². The molecule has 0 aliphatic rings. The first-order valence-electron chi connectivity index (χ1n) is 4.73. The fraction of sp³-hybridized carbons (Fsp3) is 0.143. The van der Waals surface area contributed by atoms with Crippen molar-refractivity contribution in [3.05, 3.63) is 0 Å². The molecule has 11 nitrogen and oxygen atoms in total. The van der Waals surface area contributed by atoms with Gasteiger partial charge in [0.25, 0.3) is 0 Å². The summed E-state index contributed by atoms with van der Waals surface area (Å²) in [6.07, 6.45) is 0. The van der Waals surface area contributed by atoms with Gasteiger partial charge in [0.15, 0.2) is 28.6 Å². The van der Waals surface area contributed by atoms with Gasteiger partial charge in [0.2, 0.25) is 5.82 Å². The minimum absolute atomic E-state index is 0.0643. The Hall–Kier alpha value is -2.98. The van der Waals surface area contributed by atoms with Crippen LogP contribution in [-0.2, 0) is 0 Å². The first-order chi connectivity index (χ1) is 8.81. The smallest absolute Gasteiger partial charge is 0.200 e. The van der Waals surface area contributed by atoms with E-state index in [1.807, 2.05) is 0 Å². The van der Waals surface area contributed by atoms with Gasteiger partial charge in [-0.3, -0.25) is 0 Å². The summed E-state index contributed by atoms with van der Waals surface area (Å²) >= 11 is 0. The average Bonchev–Trinajstić information content (AvgIpc) is 3.06. The molecule has 0 spiro atoms. The second kappa shape index (κ2) is 3.80. The van der Waals surface area contributed by atoms with E-state index in [9.17, 15) is 0 Å². The van der Waals surface area contributed by atoms with Gasteiger partial charge in [0.05, 0.1) is 0 Å². The van der Waals surface area contributed by atoms with Crippen molar-refractivity contribution in [1.82, 2.24) is 30.9 Å². The molecule has 0 saturated heterocycles. The SMILES string of the molecule is CNc1nonc1-c1nonc1-c1nonc1N. The highest BCUT2D eigenvalue weighted by atomic mass is 16.6. The highest BCUT2D eigenvalue weighted by Gasteiger charge is 2.25. The third-order valence-corrected chi connectivity index (χ3v) is 2.18. The zero-order chi connectivity index (χ0) is 12.5. The van der Waals surface area contributed by atoms with Crippen molar-refractivity contribution in [2.75, 3.05) is 18.1 Å². The van der Waals surface area contributed by atoms with Gasteiger partial charge in [0.1, 0.15) is 0 Å². The maximum absolute atomic E-state index is 5.57. The third kappa shape index (κ3) is 1.37. The number of aromatic nitrogens is 6. The molecule has 3 rings (SSSR count). The lowest BCUT2D eigenvalue weighted by atomic mass is 10.2. The van der Waals surface area contributed by atoms with E-state index in [4.69, 9.17) is 5.73 Å². The summed E-state index contributed by atoms with van der Waals surface area (Å²) in [4.78, 5) is 0. The molecule has 3 aromatic heterocycles. The molecular formula is C7H6N8O3. The van der Waals surface area contributed by atoms with Crippen molar-refractivity contribution in [3.8, 4) is 22.8 Å². The van der Waals surface area contributed by atoms with Crippen LogP contribution in [0.2, 0.25) is 0 Å². The number of nitrogens with one attached hydrogen (secondary N) is 1. The van der Waals surface area contributed by atoms with Gasteiger partial charge in [-0.2, -0.15) is 0 Å². The largest absolute Gasteiger partial charge is 0.379 e. The molecular weight excluding hydrogens is 244 g/mol. The van der Waals surface area contributed by atoms with Gasteiger partial charge in [-0.15, -0.1) is 0 Å². The van der Waals surface area contributed by atoms with Gasteiger partial charge in [-0.05, 0) is 30.9 Å². The number of nitrogen functional groups attached to an aromatic ring is 1. The van der Waals surface area contributed by atoms with Crippen molar-refractivity contribution in [2.24, 2.45) is 0 Å². The van der Waals surface area contributed by atoms with E-state index >= 15 is 0 Å². The number of hydrogen-bond donors (Lipinski definition) is 2. The second-order valence-electron chi connectivity index (χ2n) is 3.17. The Bertz CT molecular complexity index is 670. The minimum Gasteiger partial charge on any atom is -0.379 e. The van der Waals surface area contributed by atoms with Gasteiger partial charge < -0.3 is 11.1 Å². The highest BCUT2D eigenvalue weighted by Crippen LogP contribution is 2.32. The Morgan fingerprint density at radius 1 is 0.778 bits per heavy atom. The molecule has 0 amide bonds. The molecule has 0 unspecified atom stereocenters. The fourth-order valence-corrected chi connectivity index (χ4v) is 1.37. The van der Waals surface area contributed by atoms with Crippen molar-refractivity contribution < 1.29 is 13.9 Å². The molecule has 0 aliphatic carbocycles. The fourth-order valence-electron chi connectivity index (χ4n) is 1.37. The van der Waals surface area contributed by atoms with E-state index in [-0.39, 0.29) is 22.9 Å². The molecule has 3 N–H and O–H groups in total. The lowest BCUT2D eigenvalue weighted by molar-refractivity contribution is 0.302. The number of rotatable bonds is 3. The van der Waals surface area contributed by atoms with Crippen molar-refractivity contribution in [3.63, 3.8) is 0 Å². The van der Waals surface area contributed by atoms with Gasteiger partial charge in [-0.25, -0.2) is 13.9 Å². The van der Waals surface area contributed by atoms with E-state index in [0.717, 1.165) is 0 Å². The van der Waals surface area contributed by atoms with Gasteiger partial charge in [0, 0.05) is 7.05 Å². The standard InChI is InChI=1S/C7H6N8O3/c1-9-7-5(13-18-15-7)3-2(10-16-11-3)4-6(8)14-17-12-4/h1H3,(H2,8,14)(H,9,15). The van der Waals surface area contributed by atoms with E-state index < -0.39 is 0 Å². The van der Waals surface area contributed by atoms with Crippen LogP contribution in [0.5, 0.6) is 0 Å². The lowest BCUT2D eigenvalue weighted by Crippen LogP contribution is -1.94. The lowest BCUT2D eigenvalue weighted by Gasteiger charge is -1.94. The summed E-state index contributed by atoms with van der Waals surface area (Å²) in [5.41, 5.74) is 6.60. The zero-order valence-electron chi connectivity index (χ0n) is 8.99. The Kier molecular flexibility index (Phi) is 2.15. The predicted octanol–water partition coefficient (Wildman–Crippen LogP) is -0.207. The summed E-state index contributed by atoms with van der Waals surface area (Å²) in [7, 11) is 1.65. The van der Waals surface area contributed by atoms with E-state index in [1.165, 1.54) is 0 Å². The first-order valence-corrected chi connectivity index (χ1v) is 4.73. The van der Waals surface area contributed by atoms with E-state index in [2.05, 4.69) is 50.1 Å². The molecule has 0 bridgehead atoms. The zero-order valence-corrected chi connectivity index (χ0v) is 8.99. The van der Waals surface area contributed by atoms with Crippen molar-refractivity contribution in [2.45, 2.75) is 0 Å². The molecule has 11 heteroatoms. The average molecular weight is 250 g/mol. The molecule has 0 saturated carbocycles. The Labute approximate surface area is 98.2 Å². The number of hydrogen-bond acceptors (Lipinski definition) is 11. The number of nitrogens with two attached hydrogens (primary N) is 1. The van der Waals surface area contributed by atoms with Crippen LogP contribution >= 0.6 is 0 Å². The summed E-state index contributed by atoms with van der Waals surface area (Å²) in [5.74, 6) is 0.441. The second-order valence-corrected chi connectivity index (χ2v) is 3.17. The van der Waals surface area contributed by atoms with Crippen LogP contribution in [0.25, 0.3) is 22.8 Å². The third-order valence-electron chi connectivity index (χ3n) is 2.18. The minimum atomic E-state index is 0.0643. The quantitative estimate of drug-likeness (QED) is 0.634. The summed E-state index contributed by atoms with van der Waals surface area (Å²) in [6, 6.07) is 0. The summed E-state index contributed by atoms with van der Waals surface area (Å²) in [5, 5.41) is 24.6. The van der Waals surface area contributed by atoms with Gasteiger partial charge in [-0.1, -0.05) is 0 Å². The maximum Gasteiger partial charge on any atom is 0.200 e. The molecule has 0 radical (unpaired) electrons. The Morgan fingerprint density at radius 3 is 2.00 bits per heavy atom. The van der Waals surface area contributed by atoms with Gasteiger partial charge >= 0.3 is 0 Å². The molecule has 3 aromatic rings. The van der Waals surface area contributed by atoms with Crippen LogP contribution in [0.15, 0.2) is 13.9 Å². The monoisotopic (exact) mass is 250 g/mol. The number of anilines is 2. The molecule has 0 fully saturated rings.